The van der Waals surface area contributed by atoms with Crippen molar-refractivity contribution in [3.63, 3.8) is 0 Å². The number of carbonyl (C=O) groups excluding carboxylic acids is 1. The van der Waals surface area contributed by atoms with E-state index in [1.54, 1.807) is 12.1 Å². The van der Waals surface area contributed by atoms with Gasteiger partial charge in [0, 0.05) is 10.9 Å². The first kappa shape index (κ1) is 20.3. The van der Waals surface area contributed by atoms with E-state index in [0.29, 0.717) is 10.6 Å². The first-order chi connectivity index (χ1) is 12.5. The van der Waals surface area contributed by atoms with Gasteiger partial charge in [-0.15, -0.1) is 0 Å². The zero-order valence-corrected chi connectivity index (χ0v) is 16.3. The predicted molar refractivity (Wildman–Crippen MR) is 97.8 cm³/mol. The van der Waals surface area contributed by atoms with Crippen molar-refractivity contribution in [3.8, 4) is 5.75 Å². The maximum Gasteiger partial charge on any atom is 0.422 e. The quantitative estimate of drug-likeness (QED) is 0.694. The number of benzene rings is 1. The summed E-state index contributed by atoms with van der Waals surface area (Å²) in [6, 6.07) is 4.60. The smallest absolute Gasteiger partial charge is 0.422 e. The van der Waals surface area contributed by atoms with Gasteiger partial charge in [0.05, 0.1) is 5.54 Å². The molecular weight excluding hydrogens is 379 g/mol. The van der Waals surface area contributed by atoms with E-state index in [0.717, 1.165) is 38.5 Å². The number of hydrogen-bond donors (Lipinski definition) is 1. The summed E-state index contributed by atoms with van der Waals surface area (Å²) >= 11 is 6.08. The van der Waals surface area contributed by atoms with Gasteiger partial charge in [0.25, 0.3) is 0 Å². The van der Waals surface area contributed by atoms with E-state index in [-0.39, 0.29) is 23.0 Å². The van der Waals surface area contributed by atoms with Crippen molar-refractivity contribution < 1.29 is 22.7 Å². The molecule has 2 aliphatic rings. The van der Waals surface area contributed by atoms with E-state index < -0.39 is 18.3 Å². The summed E-state index contributed by atoms with van der Waals surface area (Å²) in [5.74, 6) is 0.0890. The Kier molecular flexibility index (Phi) is 5.41. The number of amides is 1. The molecule has 0 radical (unpaired) electrons. The van der Waals surface area contributed by atoms with Crippen LogP contribution < -0.4 is 10.1 Å². The first-order valence-electron chi connectivity index (χ1n) is 9.31. The van der Waals surface area contributed by atoms with Gasteiger partial charge in [-0.1, -0.05) is 25.4 Å². The average molecular weight is 404 g/mol. The molecule has 7 heteroatoms. The van der Waals surface area contributed by atoms with Crippen LogP contribution in [0.5, 0.6) is 5.75 Å². The van der Waals surface area contributed by atoms with Gasteiger partial charge in [0.2, 0.25) is 5.91 Å². The highest BCUT2D eigenvalue weighted by atomic mass is 35.5. The number of ether oxygens (including phenoxy) is 1. The maximum absolute atomic E-state index is 12.7. The normalized spacial score (nSPS) is 21.6. The predicted octanol–water partition coefficient (Wildman–Crippen LogP) is 5.60. The Labute approximate surface area is 162 Å². The Morgan fingerprint density at radius 1 is 1.19 bits per heavy atom. The van der Waals surface area contributed by atoms with Gasteiger partial charge in [0.15, 0.2) is 6.61 Å². The highest BCUT2D eigenvalue weighted by Gasteiger charge is 2.47. The van der Waals surface area contributed by atoms with Crippen LogP contribution in [0.15, 0.2) is 18.2 Å². The van der Waals surface area contributed by atoms with Crippen LogP contribution in [0, 0.1) is 11.3 Å². The molecule has 2 saturated carbocycles. The third-order valence-electron chi connectivity index (χ3n) is 5.65. The van der Waals surface area contributed by atoms with Gasteiger partial charge in [-0.05, 0) is 67.7 Å². The number of hydrogen-bond acceptors (Lipinski definition) is 2. The van der Waals surface area contributed by atoms with Crippen molar-refractivity contribution in [1.82, 2.24) is 5.32 Å². The molecule has 1 N–H and O–H groups in total. The van der Waals surface area contributed by atoms with Gasteiger partial charge in [-0.3, -0.25) is 4.79 Å². The monoisotopic (exact) mass is 403 g/mol. The largest absolute Gasteiger partial charge is 0.484 e. The minimum atomic E-state index is -4.41. The highest BCUT2D eigenvalue weighted by molar-refractivity contribution is 6.30. The van der Waals surface area contributed by atoms with E-state index in [1.807, 2.05) is 0 Å². The minimum Gasteiger partial charge on any atom is -0.484 e. The SMILES string of the molecule is CC1(C)CCC(C(=O)NC2(c3cc(Cl)cc(OCC(F)(F)F)c3)CC2)CC1. The maximum atomic E-state index is 12.7. The van der Waals surface area contributed by atoms with Crippen LogP contribution in [0.25, 0.3) is 0 Å². The number of carbonyl (C=O) groups is 1. The molecule has 2 fully saturated rings. The summed E-state index contributed by atoms with van der Waals surface area (Å²) in [6.45, 7) is 3.07. The molecule has 2 aliphatic carbocycles. The Balaban J connectivity index is 1.68. The Morgan fingerprint density at radius 3 is 2.37 bits per heavy atom. The van der Waals surface area contributed by atoms with Crippen LogP contribution in [0.2, 0.25) is 5.02 Å². The number of halogens is 4. The topological polar surface area (TPSA) is 38.3 Å². The third kappa shape index (κ3) is 5.31. The Hall–Kier alpha value is -1.43. The van der Waals surface area contributed by atoms with Crippen molar-refractivity contribution >= 4 is 17.5 Å². The zero-order chi connectivity index (χ0) is 19.9. The summed E-state index contributed by atoms with van der Waals surface area (Å²) in [4.78, 5) is 12.7. The van der Waals surface area contributed by atoms with Crippen LogP contribution in [0.3, 0.4) is 0 Å². The fourth-order valence-corrected chi connectivity index (χ4v) is 3.92. The molecule has 3 nitrogen and oxygen atoms in total. The fourth-order valence-electron chi connectivity index (χ4n) is 3.70. The van der Waals surface area contributed by atoms with Gasteiger partial charge in [-0.25, -0.2) is 0 Å². The standard InChI is InChI=1S/C20H25ClF3NO2/c1-18(2)5-3-13(4-6-18)17(26)25-19(7-8-19)14-9-15(21)11-16(10-14)27-12-20(22,23)24/h9-11,13H,3-8,12H2,1-2H3,(H,25,26). The van der Waals surface area contributed by atoms with E-state index >= 15 is 0 Å². The average Bonchev–Trinajstić information content (AvgIpc) is 3.32. The van der Waals surface area contributed by atoms with Gasteiger partial charge < -0.3 is 10.1 Å². The van der Waals surface area contributed by atoms with Crippen molar-refractivity contribution in [2.75, 3.05) is 6.61 Å². The molecule has 0 heterocycles. The lowest BCUT2D eigenvalue weighted by molar-refractivity contribution is -0.153. The molecule has 0 spiro atoms. The second-order valence-electron chi connectivity index (χ2n) is 8.59. The first-order valence-corrected chi connectivity index (χ1v) is 9.69. The molecular formula is C20H25ClF3NO2. The van der Waals surface area contributed by atoms with Crippen molar-refractivity contribution in [2.24, 2.45) is 11.3 Å². The minimum absolute atomic E-state index is 0.00404. The lowest BCUT2D eigenvalue weighted by atomic mass is 9.73. The van der Waals surface area contributed by atoms with Crippen LogP contribution >= 0.6 is 11.6 Å². The molecule has 0 atom stereocenters. The van der Waals surface area contributed by atoms with Crippen LogP contribution in [-0.2, 0) is 10.3 Å². The summed E-state index contributed by atoms with van der Waals surface area (Å²) in [5.41, 5.74) is 0.452. The van der Waals surface area contributed by atoms with E-state index in [2.05, 4.69) is 19.2 Å². The third-order valence-corrected chi connectivity index (χ3v) is 5.87. The second-order valence-corrected chi connectivity index (χ2v) is 9.03. The van der Waals surface area contributed by atoms with Gasteiger partial charge in [0.1, 0.15) is 5.75 Å². The van der Waals surface area contributed by atoms with Gasteiger partial charge in [-0.2, -0.15) is 13.2 Å². The highest BCUT2D eigenvalue weighted by Crippen LogP contribution is 2.48. The molecule has 3 rings (SSSR count). The molecule has 1 aromatic rings. The van der Waals surface area contributed by atoms with Crippen LogP contribution in [-0.4, -0.2) is 18.7 Å². The summed E-state index contributed by atoms with van der Waals surface area (Å²) in [7, 11) is 0. The van der Waals surface area contributed by atoms with Crippen molar-refractivity contribution in [1.29, 1.82) is 0 Å². The Morgan fingerprint density at radius 2 is 1.81 bits per heavy atom. The van der Waals surface area contributed by atoms with Crippen LogP contribution in [0.1, 0.15) is 57.9 Å². The van der Waals surface area contributed by atoms with Crippen LogP contribution in [0.4, 0.5) is 13.2 Å². The molecule has 150 valence electrons. The molecule has 27 heavy (non-hydrogen) atoms. The Bertz CT molecular complexity index is 704. The number of rotatable bonds is 5. The summed E-state index contributed by atoms with van der Waals surface area (Å²) in [5, 5.41) is 3.43. The molecule has 0 aromatic heterocycles. The van der Waals surface area contributed by atoms with E-state index in [9.17, 15) is 18.0 Å². The summed E-state index contributed by atoms with van der Waals surface area (Å²) in [6.07, 6.45) is 0.846. The molecule has 1 amide bonds. The van der Waals surface area contributed by atoms with Gasteiger partial charge >= 0.3 is 6.18 Å². The van der Waals surface area contributed by atoms with E-state index in [4.69, 9.17) is 16.3 Å². The van der Waals surface area contributed by atoms with E-state index in [1.165, 1.54) is 6.07 Å². The molecule has 0 bridgehead atoms. The molecule has 0 unspecified atom stereocenters. The summed E-state index contributed by atoms with van der Waals surface area (Å²) < 4.78 is 42.1. The number of nitrogens with one attached hydrogen (secondary N) is 1. The number of alkyl halides is 3. The van der Waals surface area contributed by atoms with Crippen molar-refractivity contribution in [3.05, 3.63) is 28.8 Å². The molecule has 0 saturated heterocycles. The fraction of sp³-hybridized carbons (Fsp3) is 0.650. The molecule has 0 aliphatic heterocycles. The lowest BCUT2D eigenvalue weighted by Gasteiger charge is -2.34. The zero-order valence-electron chi connectivity index (χ0n) is 15.6. The molecule has 1 aromatic carbocycles. The lowest BCUT2D eigenvalue weighted by Crippen LogP contribution is -2.41. The van der Waals surface area contributed by atoms with Crippen molar-refractivity contribution in [2.45, 2.75) is 64.1 Å². The second kappa shape index (κ2) is 7.19.